The molecule has 7 nitrogen and oxygen atoms in total. The van der Waals surface area contributed by atoms with Crippen LogP contribution in [-0.4, -0.2) is 48.6 Å². The van der Waals surface area contributed by atoms with Gasteiger partial charge in [0.05, 0.1) is 23.4 Å². The minimum Gasteiger partial charge on any atom is -0.488 e. The second-order valence-electron chi connectivity index (χ2n) is 13.8. The van der Waals surface area contributed by atoms with E-state index in [0.717, 1.165) is 23.3 Å². The highest BCUT2D eigenvalue weighted by Crippen LogP contribution is 2.65. The van der Waals surface area contributed by atoms with Gasteiger partial charge < -0.3 is 24.2 Å². The second-order valence-corrected chi connectivity index (χ2v) is 13.8. The summed E-state index contributed by atoms with van der Waals surface area (Å²) in [6.07, 6.45) is 3.45. The van der Waals surface area contributed by atoms with Crippen molar-refractivity contribution in [2.24, 2.45) is 22.4 Å². The summed E-state index contributed by atoms with van der Waals surface area (Å²) in [5, 5.41) is 7.73. The number of benzene rings is 3. The largest absolute Gasteiger partial charge is 0.488 e. The van der Waals surface area contributed by atoms with Gasteiger partial charge in [-0.1, -0.05) is 97.9 Å². The number of hydrogen-bond donors (Lipinski definition) is 1. The van der Waals surface area contributed by atoms with E-state index in [1.807, 2.05) is 78.9 Å². The number of nitrogens with zero attached hydrogens (tertiary/aromatic N) is 1. The number of oxime groups is 1. The molecular weight excluding hydrogens is 551 g/mol. The summed E-state index contributed by atoms with van der Waals surface area (Å²) in [4.78, 5) is 20.6. The molecule has 3 aliphatic carbocycles. The Morgan fingerprint density at radius 3 is 2.30 bits per heavy atom. The van der Waals surface area contributed by atoms with E-state index in [-0.39, 0.29) is 29.6 Å². The molecule has 44 heavy (non-hydrogen) atoms. The van der Waals surface area contributed by atoms with Gasteiger partial charge in [0.1, 0.15) is 12.4 Å². The maximum atomic E-state index is 14.5. The molecule has 0 spiro atoms. The van der Waals surface area contributed by atoms with Crippen LogP contribution in [-0.2, 0) is 31.8 Å². The molecule has 1 amide bonds. The summed E-state index contributed by atoms with van der Waals surface area (Å²) < 4.78 is 19.5. The van der Waals surface area contributed by atoms with Crippen LogP contribution in [0.15, 0.2) is 96.2 Å². The quantitative estimate of drug-likeness (QED) is 0.301. The first kappa shape index (κ1) is 29.1. The minimum absolute atomic E-state index is 0.0190. The van der Waals surface area contributed by atoms with Crippen molar-refractivity contribution in [1.82, 2.24) is 5.32 Å². The Hall–Kier alpha value is -3.62. The predicted octanol–water partition coefficient (Wildman–Crippen LogP) is 5.82. The fraction of sp³-hybridized carbons (Fsp3) is 0.444. The molecule has 8 heteroatoms. The molecule has 1 unspecified atom stereocenters. The van der Waals surface area contributed by atoms with Gasteiger partial charge in [0.2, 0.25) is 5.60 Å². The van der Waals surface area contributed by atoms with E-state index in [0.29, 0.717) is 36.8 Å². The number of para-hydroxylation sites is 1. The number of amides is 1. The third kappa shape index (κ3) is 5.32. The summed E-state index contributed by atoms with van der Waals surface area (Å²) in [7, 11) is -0.568. The van der Waals surface area contributed by atoms with Crippen LogP contribution < -0.4 is 10.1 Å². The van der Waals surface area contributed by atoms with E-state index in [4.69, 9.17) is 18.9 Å². The molecule has 2 heterocycles. The summed E-state index contributed by atoms with van der Waals surface area (Å²) in [5.74, 6) is 1.19. The maximum Gasteiger partial charge on any atom is 0.482 e. The van der Waals surface area contributed by atoms with Gasteiger partial charge in [-0.3, -0.25) is 4.79 Å². The fourth-order valence-electron chi connectivity index (χ4n) is 7.98. The van der Waals surface area contributed by atoms with Crippen molar-refractivity contribution >= 4 is 18.7 Å². The Balaban J connectivity index is 1.13. The molecule has 1 saturated heterocycles. The summed E-state index contributed by atoms with van der Waals surface area (Å²) >= 11 is 0. The van der Waals surface area contributed by atoms with Crippen molar-refractivity contribution < 1.29 is 23.7 Å². The maximum absolute atomic E-state index is 14.5. The highest BCUT2D eigenvalue weighted by molar-refractivity contribution is 6.48. The molecule has 5 aliphatic rings. The van der Waals surface area contributed by atoms with Crippen molar-refractivity contribution in [2.45, 2.75) is 76.1 Å². The van der Waals surface area contributed by atoms with Crippen molar-refractivity contribution in [3.63, 3.8) is 0 Å². The molecule has 0 radical (unpaired) electrons. The molecule has 228 valence electrons. The molecule has 0 aromatic heterocycles. The van der Waals surface area contributed by atoms with Crippen LogP contribution in [0.1, 0.15) is 51.2 Å². The lowest BCUT2D eigenvalue weighted by Crippen LogP contribution is -2.65. The third-order valence-electron chi connectivity index (χ3n) is 10.6. The molecule has 3 aromatic rings. The third-order valence-corrected chi connectivity index (χ3v) is 10.6. The van der Waals surface area contributed by atoms with Crippen molar-refractivity contribution in [1.29, 1.82) is 0 Å². The van der Waals surface area contributed by atoms with Gasteiger partial charge in [-0.25, -0.2) is 0 Å². The summed E-state index contributed by atoms with van der Waals surface area (Å²) in [6.45, 7) is 7.17. The van der Waals surface area contributed by atoms with Gasteiger partial charge in [-0.2, -0.15) is 0 Å². The van der Waals surface area contributed by atoms with E-state index in [9.17, 15) is 4.79 Å². The van der Waals surface area contributed by atoms with Crippen molar-refractivity contribution in [3.05, 3.63) is 102 Å². The van der Waals surface area contributed by atoms with Crippen LogP contribution in [0.4, 0.5) is 0 Å². The molecule has 1 N–H and O–H groups in total. The van der Waals surface area contributed by atoms with Crippen molar-refractivity contribution in [3.8, 4) is 5.75 Å². The first-order valence-corrected chi connectivity index (χ1v) is 15.9. The van der Waals surface area contributed by atoms with Gasteiger partial charge in [-0.05, 0) is 66.7 Å². The van der Waals surface area contributed by atoms with Gasteiger partial charge in [0.15, 0.2) is 0 Å². The lowest BCUT2D eigenvalue weighted by Gasteiger charge is -2.64. The lowest BCUT2D eigenvalue weighted by molar-refractivity contribution is -0.199. The van der Waals surface area contributed by atoms with E-state index < -0.39 is 18.7 Å². The first-order valence-electron chi connectivity index (χ1n) is 15.9. The van der Waals surface area contributed by atoms with Crippen LogP contribution in [0, 0.1) is 17.3 Å². The summed E-state index contributed by atoms with van der Waals surface area (Å²) in [5.41, 5.74) is 1.43. The monoisotopic (exact) mass is 592 g/mol. The Morgan fingerprint density at radius 1 is 0.955 bits per heavy atom. The van der Waals surface area contributed by atoms with Gasteiger partial charge in [0.25, 0.3) is 5.91 Å². The second kappa shape index (κ2) is 11.4. The average Bonchev–Trinajstić information content (AvgIpc) is 3.62. The predicted molar refractivity (Wildman–Crippen MR) is 170 cm³/mol. The number of carbonyl (C=O) groups excluding carboxylic acids is 1. The van der Waals surface area contributed by atoms with Gasteiger partial charge >= 0.3 is 7.12 Å². The van der Waals surface area contributed by atoms with E-state index in [1.165, 1.54) is 6.42 Å². The molecule has 6 atom stereocenters. The first-order chi connectivity index (χ1) is 21.2. The zero-order valence-corrected chi connectivity index (χ0v) is 25.8. The SMILES string of the molecule is CC1(C)[C@@H]2C[C@H]3OB([C@H](Cc4ccccc4)NC(=O)C4(Cc5ccccc5)CC(COc5ccccc5)=NO4)O[C@@]3(C)[C@H]1C2. The number of nitrogens with one attached hydrogen (secondary N) is 1. The molecule has 2 bridgehead atoms. The zero-order valence-electron chi connectivity index (χ0n) is 25.8. The number of hydrogen-bond acceptors (Lipinski definition) is 6. The minimum atomic E-state index is -1.22. The Morgan fingerprint density at radius 2 is 1.61 bits per heavy atom. The Kier molecular flexibility index (Phi) is 7.54. The van der Waals surface area contributed by atoms with Crippen LogP contribution in [0.2, 0.25) is 0 Å². The number of ether oxygens (including phenoxy) is 1. The zero-order chi connectivity index (χ0) is 30.4. The molecule has 4 fully saturated rings. The van der Waals surface area contributed by atoms with E-state index >= 15 is 0 Å². The smallest absolute Gasteiger partial charge is 0.482 e. The highest BCUT2D eigenvalue weighted by Gasteiger charge is 2.68. The fourth-order valence-corrected chi connectivity index (χ4v) is 7.98. The number of carbonyl (C=O) groups is 1. The molecule has 2 aliphatic heterocycles. The standard InChI is InChI=1S/C36H41BN2O5/c1-34(2)27-20-30(34)35(3)31(21-27)42-37(43-35)32(19-25-13-7-4-8-14-25)38-33(40)36(22-26-15-9-5-10-16-26)23-28(39-44-36)24-41-29-17-11-6-12-18-29/h4-18,27,30-32H,19-24H2,1-3H3,(H,38,40)/t27-,30-,31+,32-,35-,36?/m0/s1. The Bertz CT molecular complexity index is 1500. The average molecular weight is 593 g/mol. The lowest BCUT2D eigenvalue weighted by atomic mass is 9.43. The van der Waals surface area contributed by atoms with E-state index in [2.05, 4.69) is 43.4 Å². The Labute approximate surface area is 260 Å². The molecule has 3 aromatic carbocycles. The molecule has 3 saturated carbocycles. The number of rotatable bonds is 10. The normalized spacial score (nSPS) is 30.4. The summed E-state index contributed by atoms with van der Waals surface area (Å²) in [6, 6.07) is 29.8. The van der Waals surface area contributed by atoms with Crippen molar-refractivity contribution in [2.75, 3.05) is 6.61 Å². The van der Waals surface area contributed by atoms with Crippen LogP contribution in [0.5, 0.6) is 5.75 Å². The van der Waals surface area contributed by atoms with Crippen LogP contribution in [0.3, 0.4) is 0 Å². The van der Waals surface area contributed by atoms with E-state index in [1.54, 1.807) is 0 Å². The highest BCUT2D eigenvalue weighted by atomic mass is 16.7. The molecular formula is C36H41BN2O5. The topological polar surface area (TPSA) is 78.4 Å². The van der Waals surface area contributed by atoms with Gasteiger partial charge in [-0.15, -0.1) is 0 Å². The van der Waals surface area contributed by atoms with Gasteiger partial charge in [0, 0.05) is 12.8 Å². The van der Waals surface area contributed by atoms with Crippen LogP contribution in [0.25, 0.3) is 0 Å². The van der Waals surface area contributed by atoms with Crippen LogP contribution >= 0.6 is 0 Å². The molecule has 8 rings (SSSR count).